The highest BCUT2D eigenvalue weighted by atomic mass is 19.1. The molecule has 0 bridgehead atoms. The number of ether oxygens (including phenoxy) is 2. The number of carbonyl (C=O) groups excluding carboxylic acids is 1. The van der Waals surface area contributed by atoms with Gasteiger partial charge in [0, 0.05) is 18.0 Å². The number of benzene rings is 1. The molecule has 2 heterocycles. The fraction of sp³-hybridized carbons (Fsp3) is 0.333. The molecular formula is C21H21FN2O3. The van der Waals surface area contributed by atoms with Crippen molar-refractivity contribution in [2.75, 3.05) is 6.61 Å². The number of nitrogens with zero attached hydrogens (tertiary/aromatic N) is 1. The summed E-state index contributed by atoms with van der Waals surface area (Å²) in [5, 5.41) is 2.76. The van der Waals surface area contributed by atoms with Gasteiger partial charge in [0.2, 0.25) is 0 Å². The Balaban J connectivity index is 1.81. The molecule has 27 heavy (non-hydrogen) atoms. The third-order valence-electron chi connectivity index (χ3n) is 3.92. The minimum atomic E-state index is -0.637. The second kappa shape index (κ2) is 7.77. The molecule has 1 aromatic heterocycles. The van der Waals surface area contributed by atoms with Gasteiger partial charge in [-0.2, -0.15) is 0 Å². The fourth-order valence-corrected chi connectivity index (χ4v) is 2.71. The maximum Gasteiger partial charge on any atom is 0.408 e. The smallest absolute Gasteiger partial charge is 0.408 e. The SMILES string of the molecule is CC(C)(C)OCC#Cc1cncc([C@H]2NC(=O)O[C@@H]2c2cccc(F)c2)c1. The first-order valence-electron chi connectivity index (χ1n) is 8.62. The van der Waals surface area contributed by atoms with Gasteiger partial charge in [-0.25, -0.2) is 9.18 Å². The van der Waals surface area contributed by atoms with Gasteiger partial charge in [0.1, 0.15) is 18.5 Å². The topological polar surface area (TPSA) is 60.5 Å². The Morgan fingerprint density at radius 1 is 1.26 bits per heavy atom. The van der Waals surface area contributed by atoms with Crippen molar-refractivity contribution in [3.63, 3.8) is 0 Å². The lowest BCUT2D eigenvalue weighted by molar-refractivity contribution is 0.0181. The number of amides is 1. The quantitative estimate of drug-likeness (QED) is 0.835. The van der Waals surface area contributed by atoms with Gasteiger partial charge in [0.15, 0.2) is 6.10 Å². The van der Waals surface area contributed by atoms with Crippen LogP contribution in [0.15, 0.2) is 42.7 Å². The van der Waals surface area contributed by atoms with Gasteiger partial charge >= 0.3 is 6.09 Å². The van der Waals surface area contributed by atoms with E-state index in [0.29, 0.717) is 17.7 Å². The highest BCUT2D eigenvalue weighted by Gasteiger charge is 2.36. The molecule has 0 unspecified atom stereocenters. The summed E-state index contributed by atoms with van der Waals surface area (Å²) in [6.07, 6.45) is 2.09. The minimum Gasteiger partial charge on any atom is -0.439 e. The molecule has 0 saturated carbocycles. The van der Waals surface area contributed by atoms with E-state index in [1.54, 1.807) is 24.5 Å². The number of halogens is 1. The summed E-state index contributed by atoms with van der Waals surface area (Å²) >= 11 is 0. The Morgan fingerprint density at radius 2 is 2.07 bits per heavy atom. The monoisotopic (exact) mass is 368 g/mol. The number of rotatable bonds is 3. The van der Waals surface area contributed by atoms with Gasteiger partial charge in [-0.1, -0.05) is 24.0 Å². The highest BCUT2D eigenvalue weighted by Crippen LogP contribution is 2.36. The van der Waals surface area contributed by atoms with Gasteiger partial charge in [-0.3, -0.25) is 4.98 Å². The molecule has 1 amide bonds. The Labute approximate surface area is 157 Å². The van der Waals surface area contributed by atoms with Gasteiger partial charge in [0.05, 0.1) is 5.60 Å². The Hall–Kier alpha value is -2.91. The van der Waals surface area contributed by atoms with Crippen molar-refractivity contribution in [1.29, 1.82) is 0 Å². The molecule has 1 N–H and O–H groups in total. The first-order chi connectivity index (χ1) is 12.8. The van der Waals surface area contributed by atoms with E-state index in [1.807, 2.05) is 26.8 Å². The standard InChI is InChI=1S/C21H21FN2O3/c1-21(2,3)26-9-5-6-14-10-16(13-23-12-14)18-19(27-20(25)24-18)15-7-4-8-17(22)11-15/h4,7-8,10-13,18-19H,9H2,1-3H3,(H,24,25)/t18-,19-/m1/s1. The van der Waals surface area contributed by atoms with E-state index in [-0.39, 0.29) is 11.4 Å². The molecule has 1 fully saturated rings. The van der Waals surface area contributed by atoms with Crippen LogP contribution in [0.4, 0.5) is 9.18 Å². The summed E-state index contributed by atoms with van der Waals surface area (Å²) in [6, 6.07) is 7.38. The molecule has 2 aromatic rings. The Morgan fingerprint density at radius 3 is 2.81 bits per heavy atom. The maximum absolute atomic E-state index is 13.6. The summed E-state index contributed by atoms with van der Waals surface area (Å²) in [5.74, 6) is 5.58. The molecule has 3 rings (SSSR count). The number of carbonyl (C=O) groups is 1. The van der Waals surface area contributed by atoms with E-state index in [0.717, 1.165) is 5.56 Å². The van der Waals surface area contributed by atoms with E-state index in [4.69, 9.17) is 9.47 Å². The highest BCUT2D eigenvalue weighted by molar-refractivity contribution is 5.71. The molecular weight excluding hydrogens is 347 g/mol. The van der Waals surface area contributed by atoms with Crippen molar-refractivity contribution in [2.45, 2.75) is 38.5 Å². The average molecular weight is 368 g/mol. The first kappa shape index (κ1) is 18.9. The van der Waals surface area contributed by atoms with Crippen LogP contribution in [0, 0.1) is 17.7 Å². The van der Waals surface area contributed by atoms with Gasteiger partial charge < -0.3 is 14.8 Å². The number of hydrogen-bond acceptors (Lipinski definition) is 4. The lowest BCUT2D eigenvalue weighted by atomic mass is 9.97. The zero-order valence-corrected chi connectivity index (χ0v) is 15.5. The van der Waals surface area contributed by atoms with Crippen molar-refractivity contribution < 1.29 is 18.7 Å². The minimum absolute atomic E-state index is 0.252. The van der Waals surface area contributed by atoms with E-state index in [2.05, 4.69) is 22.1 Å². The molecule has 6 heteroatoms. The van der Waals surface area contributed by atoms with Crippen LogP contribution in [0.2, 0.25) is 0 Å². The molecule has 5 nitrogen and oxygen atoms in total. The number of cyclic esters (lactones) is 1. The second-order valence-electron chi connectivity index (χ2n) is 7.21. The van der Waals surface area contributed by atoms with Crippen LogP contribution in [0.5, 0.6) is 0 Å². The second-order valence-corrected chi connectivity index (χ2v) is 7.21. The maximum atomic E-state index is 13.6. The molecule has 1 aliphatic rings. The molecule has 0 aliphatic carbocycles. The van der Waals surface area contributed by atoms with E-state index < -0.39 is 18.2 Å². The van der Waals surface area contributed by atoms with Crippen LogP contribution >= 0.6 is 0 Å². The summed E-state index contributed by atoms with van der Waals surface area (Å²) in [6.45, 7) is 6.20. The molecule has 1 aromatic carbocycles. The zero-order valence-electron chi connectivity index (χ0n) is 15.5. The largest absolute Gasteiger partial charge is 0.439 e. The van der Waals surface area contributed by atoms with Crippen molar-refractivity contribution in [1.82, 2.24) is 10.3 Å². The van der Waals surface area contributed by atoms with Crippen molar-refractivity contribution >= 4 is 6.09 Å². The summed E-state index contributed by atoms with van der Waals surface area (Å²) in [4.78, 5) is 16.0. The predicted molar refractivity (Wildman–Crippen MR) is 98.3 cm³/mol. The summed E-state index contributed by atoms with van der Waals surface area (Å²) in [7, 11) is 0. The van der Waals surface area contributed by atoms with Crippen molar-refractivity contribution in [2.24, 2.45) is 0 Å². The molecule has 0 radical (unpaired) electrons. The number of nitrogens with one attached hydrogen (secondary N) is 1. The van der Waals surface area contributed by atoms with Crippen LogP contribution < -0.4 is 5.32 Å². The van der Waals surface area contributed by atoms with Crippen LogP contribution in [0.3, 0.4) is 0 Å². The molecule has 1 aliphatic heterocycles. The lowest BCUT2D eigenvalue weighted by Crippen LogP contribution is -2.20. The number of aromatic nitrogens is 1. The Kier molecular flexibility index (Phi) is 5.43. The number of hydrogen-bond donors (Lipinski definition) is 1. The third kappa shape index (κ3) is 5.05. The zero-order chi connectivity index (χ0) is 19.4. The van der Waals surface area contributed by atoms with Crippen LogP contribution in [0.1, 0.15) is 49.6 Å². The van der Waals surface area contributed by atoms with Crippen LogP contribution in [0.25, 0.3) is 0 Å². The Bertz CT molecular complexity index is 896. The summed E-state index contributed by atoms with van der Waals surface area (Å²) < 4.78 is 24.5. The van der Waals surface area contributed by atoms with Crippen LogP contribution in [-0.2, 0) is 9.47 Å². The normalized spacial score (nSPS) is 19.0. The van der Waals surface area contributed by atoms with Gasteiger partial charge in [-0.15, -0.1) is 0 Å². The van der Waals surface area contributed by atoms with E-state index in [9.17, 15) is 9.18 Å². The lowest BCUT2D eigenvalue weighted by Gasteiger charge is -2.17. The van der Waals surface area contributed by atoms with Crippen molar-refractivity contribution in [3.05, 3.63) is 65.2 Å². The average Bonchev–Trinajstić information content (AvgIpc) is 3.00. The molecule has 2 atom stereocenters. The molecule has 1 saturated heterocycles. The summed E-state index contributed by atoms with van der Waals surface area (Å²) in [5.41, 5.74) is 1.76. The third-order valence-corrected chi connectivity index (χ3v) is 3.92. The van der Waals surface area contributed by atoms with Gasteiger partial charge in [0.25, 0.3) is 0 Å². The number of pyridine rings is 1. The number of alkyl carbamates (subject to hydrolysis) is 1. The van der Waals surface area contributed by atoms with Crippen LogP contribution in [-0.4, -0.2) is 23.3 Å². The molecule has 0 spiro atoms. The molecule has 140 valence electrons. The predicted octanol–water partition coefficient (Wildman–Crippen LogP) is 3.91. The van der Waals surface area contributed by atoms with E-state index in [1.165, 1.54) is 12.1 Å². The first-order valence-corrected chi connectivity index (χ1v) is 8.62. The fourth-order valence-electron chi connectivity index (χ4n) is 2.71. The van der Waals surface area contributed by atoms with Crippen molar-refractivity contribution in [3.8, 4) is 11.8 Å². The van der Waals surface area contributed by atoms with E-state index >= 15 is 0 Å². The van der Waals surface area contributed by atoms with Gasteiger partial charge in [-0.05, 0) is 50.1 Å².